The van der Waals surface area contributed by atoms with Gasteiger partial charge in [0.1, 0.15) is 0 Å². The number of rotatable bonds is 1. The predicted octanol–water partition coefficient (Wildman–Crippen LogP) is 3.45. The Morgan fingerprint density at radius 1 is 1.43 bits per heavy atom. The molecule has 2 rings (SSSR count). The Kier molecular flexibility index (Phi) is 2.42. The molecule has 0 fully saturated rings. The fourth-order valence-electron chi connectivity index (χ4n) is 1.50. The van der Waals surface area contributed by atoms with E-state index in [0.717, 1.165) is 15.4 Å². The van der Waals surface area contributed by atoms with Crippen LogP contribution >= 0.6 is 15.9 Å². The molecular weight excluding hydrogens is 242 g/mol. The maximum atomic E-state index is 11.5. The summed E-state index contributed by atoms with van der Waals surface area (Å²) in [4.78, 5) is 11.5. The first-order valence-corrected chi connectivity index (χ1v) is 5.31. The van der Waals surface area contributed by atoms with Gasteiger partial charge in [-0.15, -0.1) is 0 Å². The lowest BCUT2D eigenvalue weighted by atomic mass is 10.2. The van der Waals surface area contributed by atoms with Crippen LogP contribution in [0.25, 0.3) is 10.9 Å². The standard InChI is InChI=1S/C11H10BrNO/c1-2-11(14)13-6-5-8-7-9(12)3-4-10(8)13/h3-7H,2H2,1H3. The van der Waals surface area contributed by atoms with Gasteiger partial charge in [0, 0.05) is 22.5 Å². The Labute approximate surface area is 90.7 Å². The number of benzene rings is 1. The summed E-state index contributed by atoms with van der Waals surface area (Å²) in [6, 6.07) is 7.86. The third kappa shape index (κ3) is 1.48. The molecule has 0 atom stereocenters. The van der Waals surface area contributed by atoms with Crippen LogP contribution in [0.4, 0.5) is 0 Å². The van der Waals surface area contributed by atoms with Gasteiger partial charge >= 0.3 is 0 Å². The molecule has 0 aliphatic rings. The van der Waals surface area contributed by atoms with Crippen LogP contribution < -0.4 is 0 Å². The van der Waals surface area contributed by atoms with Crippen LogP contribution in [0, 0.1) is 0 Å². The highest BCUT2D eigenvalue weighted by Crippen LogP contribution is 2.20. The molecule has 72 valence electrons. The zero-order valence-corrected chi connectivity index (χ0v) is 9.41. The van der Waals surface area contributed by atoms with Gasteiger partial charge in [-0.25, -0.2) is 0 Å². The summed E-state index contributed by atoms with van der Waals surface area (Å²) in [5, 5.41) is 1.08. The zero-order chi connectivity index (χ0) is 10.1. The van der Waals surface area contributed by atoms with Gasteiger partial charge < -0.3 is 0 Å². The molecule has 1 aromatic carbocycles. The fourth-order valence-corrected chi connectivity index (χ4v) is 1.88. The van der Waals surface area contributed by atoms with Crippen molar-refractivity contribution in [2.45, 2.75) is 13.3 Å². The highest BCUT2D eigenvalue weighted by atomic mass is 79.9. The number of hydrogen-bond acceptors (Lipinski definition) is 1. The Balaban J connectivity index is 2.64. The summed E-state index contributed by atoms with van der Waals surface area (Å²) in [6.07, 6.45) is 2.35. The molecule has 0 unspecified atom stereocenters. The van der Waals surface area contributed by atoms with Gasteiger partial charge in [-0.1, -0.05) is 22.9 Å². The van der Waals surface area contributed by atoms with Gasteiger partial charge in [0.25, 0.3) is 0 Å². The molecule has 0 amide bonds. The maximum Gasteiger partial charge on any atom is 0.230 e. The number of aromatic nitrogens is 1. The van der Waals surface area contributed by atoms with E-state index in [1.165, 1.54) is 0 Å². The van der Waals surface area contributed by atoms with E-state index in [9.17, 15) is 4.79 Å². The van der Waals surface area contributed by atoms with Gasteiger partial charge in [0.05, 0.1) is 5.52 Å². The molecule has 0 radical (unpaired) electrons. The smallest absolute Gasteiger partial charge is 0.230 e. The molecule has 1 aromatic heterocycles. The van der Waals surface area contributed by atoms with E-state index < -0.39 is 0 Å². The first kappa shape index (κ1) is 9.46. The van der Waals surface area contributed by atoms with Crippen molar-refractivity contribution < 1.29 is 4.79 Å². The molecule has 14 heavy (non-hydrogen) atoms. The van der Waals surface area contributed by atoms with Crippen LogP contribution in [0.3, 0.4) is 0 Å². The molecule has 0 saturated carbocycles. The van der Waals surface area contributed by atoms with Gasteiger partial charge in [-0.3, -0.25) is 9.36 Å². The first-order chi connectivity index (χ1) is 6.72. The summed E-state index contributed by atoms with van der Waals surface area (Å²) in [5.74, 6) is 0.127. The Hall–Kier alpha value is -1.09. The summed E-state index contributed by atoms with van der Waals surface area (Å²) < 4.78 is 2.73. The van der Waals surface area contributed by atoms with E-state index in [-0.39, 0.29) is 5.91 Å². The molecule has 0 N–H and O–H groups in total. The van der Waals surface area contributed by atoms with E-state index in [0.29, 0.717) is 6.42 Å². The molecule has 0 aliphatic carbocycles. The molecule has 2 aromatic rings. The summed E-state index contributed by atoms with van der Waals surface area (Å²) in [6.45, 7) is 1.87. The second-order valence-electron chi connectivity index (χ2n) is 3.14. The minimum absolute atomic E-state index is 0.127. The molecular formula is C11H10BrNO. The van der Waals surface area contributed by atoms with E-state index in [1.807, 2.05) is 37.4 Å². The fraction of sp³-hybridized carbons (Fsp3) is 0.182. The van der Waals surface area contributed by atoms with Crippen molar-refractivity contribution in [2.75, 3.05) is 0 Å². The second kappa shape index (κ2) is 3.58. The molecule has 0 aliphatic heterocycles. The van der Waals surface area contributed by atoms with Crippen molar-refractivity contribution in [3.05, 3.63) is 34.9 Å². The Morgan fingerprint density at radius 3 is 2.93 bits per heavy atom. The lowest BCUT2D eigenvalue weighted by Crippen LogP contribution is -2.06. The molecule has 0 saturated heterocycles. The second-order valence-corrected chi connectivity index (χ2v) is 4.05. The van der Waals surface area contributed by atoms with Crippen LogP contribution in [0.1, 0.15) is 18.1 Å². The summed E-state index contributed by atoms with van der Waals surface area (Å²) in [7, 11) is 0. The van der Waals surface area contributed by atoms with Crippen molar-refractivity contribution in [1.82, 2.24) is 4.57 Å². The van der Waals surface area contributed by atoms with Crippen LogP contribution in [0.5, 0.6) is 0 Å². The lowest BCUT2D eigenvalue weighted by molar-refractivity contribution is 0.0914. The number of carbonyl (C=O) groups is 1. The van der Waals surface area contributed by atoms with Crippen molar-refractivity contribution >= 4 is 32.7 Å². The van der Waals surface area contributed by atoms with Gasteiger partial charge in [-0.2, -0.15) is 0 Å². The van der Waals surface area contributed by atoms with Crippen molar-refractivity contribution in [1.29, 1.82) is 0 Å². The average Bonchev–Trinajstić information content (AvgIpc) is 2.59. The van der Waals surface area contributed by atoms with Crippen molar-refractivity contribution in [3.63, 3.8) is 0 Å². The number of carbonyl (C=O) groups excluding carboxylic acids is 1. The predicted molar refractivity (Wildman–Crippen MR) is 60.6 cm³/mol. The summed E-state index contributed by atoms with van der Waals surface area (Å²) >= 11 is 3.40. The molecule has 1 heterocycles. The molecule has 2 nitrogen and oxygen atoms in total. The topological polar surface area (TPSA) is 22.0 Å². The third-order valence-electron chi connectivity index (χ3n) is 2.22. The van der Waals surface area contributed by atoms with E-state index >= 15 is 0 Å². The zero-order valence-electron chi connectivity index (χ0n) is 7.83. The Morgan fingerprint density at radius 2 is 2.21 bits per heavy atom. The van der Waals surface area contributed by atoms with E-state index in [1.54, 1.807) is 4.57 Å². The van der Waals surface area contributed by atoms with Crippen LogP contribution in [-0.2, 0) is 0 Å². The van der Waals surface area contributed by atoms with Crippen molar-refractivity contribution in [3.8, 4) is 0 Å². The highest BCUT2D eigenvalue weighted by molar-refractivity contribution is 9.10. The van der Waals surface area contributed by atoms with E-state index in [4.69, 9.17) is 0 Å². The average molecular weight is 252 g/mol. The van der Waals surface area contributed by atoms with Crippen LogP contribution in [0.15, 0.2) is 34.9 Å². The number of hydrogen-bond donors (Lipinski definition) is 0. The summed E-state index contributed by atoms with van der Waals surface area (Å²) in [5.41, 5.74) is 0.972. The monoisotopic (exact) mass is 251 g/mol. The lowest BCUT2D eigenvalue weighted by Gasteiger charge is -2.00. The minimum Gasteiger partial charge on any atom is -0.287 e. The largest absolute Gasteiger partial charge is 0.287 e. The minimum atomic E-state index is 0.127. The quantitative estimate of drug-likeness (QED) is 0.761. The highest BCUT2D eigenvalue weighted by Gasteiger charge is 2.06. The van der Waals surface area contributed by atoms with Crippen LogP contribution in [-0.4, -0.2) is 10.5 Å². The van der Waals surface area contributed by atoms with Crippen LogP contribution in [0.2, 0.25) is 0 Å². The molecule has 3 heteroatoms. The SMILES string of the molecule is CCC(=O)n1ccc2cc(Br)ccc21. The van der Waals surface area contributed by atoms with Gasteiger partial charge in [-0.05, 0) is 24.3 Å². The Bertz CT molecular complexity index is 487. The normalized spacial score (nSPS) is 10.7. The van der Waals surface area contributed by atoms with Gasteiger partial charge in [0.15, 0.2) is 0 Å². The maximum absolute atomic E-state index is 11.5. The van der Waals surface area contributed by atoms with Gasteiger partial charge in [0.2, 0.25) is 5.91 Å². The number of nitrogens with zero attached hydrogens (tertiary/aromatic N) is 1. The first-order valence-electron chi connectivity index (χ1n) is 4.52. The number of fused-ring (bicyclic) bond motifs is 1. The third-order valence-corrected chi connectivity index (χ3v) is 2.72. The molecule has 0 spiro atoms. The van der Waals surface area contributed by atoms with Crippen molar-refractivity contribution in [2.24, 2.45) is 0 Å². The molecule has 0 bridgehead atoms. The number of halogens is 1. The van der Waals surface area contributed by atoms with E-state index in [2.05, 4.69) is 15.9 Å².